The number of halogens is 1. The van der Waals surface area contributed by atoms with Crippen LogP contribution in [0.1, 0.15) is 13.3 Å². The van der Waals surface area contributed by atoms with E-state index in [1.165, 1.54) is 0 Å². The molecular formula is C11H13ClO3. The van der Waals surface area contributed by atoms with Gasteiger partial charge in [-0.3, -0.25) is 4.79 Å². The van der Waals surface area contributed by atoms with Crippen LogP contribution in [0.2, 0.25) is 5.02 Å². The van der Waals surface area contributed by atoms with Crippen LogP contribution >= 0.6 is 11.6 Å². The number of rotatable bonds is 5. The Morgan fingerprint density at radius 2 is 2.20 bits per heavy atom. The van der Waals surface area contributed by atoms with E-state index in [4.69, 9.17) is 21.4 Å². The van der Waals surface area contributed by atoms with E-state index < -0.39 is 5.97 Å². The number of aliphatic carboxylic acids is 1. The maximum Gasteiger partial charge on any atom is 0.303 e. The summed E-state index contributed by atoms with van der Waals surface area (Å²) < 4.78 is 5.40. The highest BCUT2D eigenvalue weighted by Gasteiger charge is 2.09. The summed E-state index contributed by atoms with van der Waals surface area (Å²) in [6, 6.07) is 7.13. The van der Waals surface area contributed by atoms with E-state index >= 15 is 0 Å². The monoisotopic (exact) mass is 228 g/mol. The normalized spacial score (nSPS) is 12.1. The van der Waals surface area contributed by atoms with Gasteiger partial charge in [-0.2, -0.15) is 0 Å². The van der Waals surface area contributed by atoms with Crippen molar-refractivity contribution in [2.24, 2.45) is 5.92 Å². The van der Waals surface area contributed by atoms with Crippen molar-refractivity contribution >= 4 is 17.6 Å². The lowest BCUT2D eigenvalue weighted by Crippen LogP contribution is -2.13. The van der Waals surface area contributed by atoms with Crippen molar-refractivity contribution in [1.29, 1.82) is 0 Å². The second-order valence-electron chi connectivity index (χ2n) is 3.44. The van der Waals surface area contributed by atoms with Crippen molar-refractivity contribution in [2.75, 3.05) is 6.61 Å². The number of carboxylic acid groups (broad SMARTS) is 1. The molecule has 0 radical (unpaired) electrons. The lowest BCUT2D eigenvalue weighted by molar-refractivity contribution is -0.138. The number of carbonyl (C=O) groups is 1. The zero-order valence-corrected chi connectivity index (χ0v) is 9.20. The molecule has 0 aliphatic rings. The number of hydrogen-bond acceptors (Lipinski definition) is 2. The van der Waals surface area contributed by atoms with Crippen molar-refractivity contribution in [3.8, 4) is 5.75 Å². The molecule has 0 aliphatic heterocycles. The third-order valence-corrected chi connectivity index (χ3v) is 2.20. The summed E-state index contributed by atoms with van der Waals surface area (Å²) in [4.78, 5) is 10.4. The van der Waals surface area contributed by atoms with Crippen molar-refractivity contribution in [2.45, 2.75) is 13.3 Å². The van der Waals surface area contributed by atoms with Crippen LogP contribution in [0.3, 0.4) is 0 Å². The highest BCUT2D eigenvalue weighted by Crippen LogP contribution is 2.23. The second-order valence-corrected chi connectivity index (χ2v) is 3.85. The minimum atomic E-state index is -0.815. The van der Waals surface area contributed by atoms with E-state index in [9.17, 15) is 4.79 Å². The van der Waals surface area contributed by atoms with Gasteiger partial charge in [-0.15, -0.1) is 0 Å². The summed E-state index contributed by atoms with van der Waals surface area (Å²) in [6.45, 7) is 2.18. The number of hydrogen-bond donors (Lipinski definition) is 1. The molecule has 1 aromatic rings. The molecule has 1 unspecified atom stereocenters. The minimum absolute atomic E-state index is 0.0289. The van der Waals surface area contributed by atoms with Gasteiger partial charge in [0, 0.05) is 5.92 Å². The van der Waals surface area contributed by atoms with E-state index in [-0.39, 0.29) is 12.3 Å². The minimum Gasteiger partial charge on any atom is -0.492 e. The van der Waals surface area contributed by atoms with Crippen LogP contribution in [0.4, 0.5) is 0 Å². The van der Waals surface area contributed by atoms with Crippen molar-refractivity contribution in [3.63, 3.8) is 0 Å². The largest absolute Gasteiger partial charge is 0.492 e. The van der Waals surface area contributed by atoms with Gasteiger partial charge in [-0.25, -0.2) is 0 Å². The molecule has 0 saturated carbocycles. The Morgan fingerprint density at radius 1 is 1.53 bits per heavy atom. The smallest absolute Gasteiger partial charge is 0.303 e. The molecule has 0 aliphatic carbocycles. The Balaban J connectivity index is 2.43. The summed E-state index contributed by atoms with van der Waals surface area (Å²) in [6.07, 6.45) is 0.102. The molecule has 15 heavy (non-hydrogen) atoms. The predicted octanol–water partition coefficient (Wildman–Crippen LogP) is 2.83. The summed E-state index contributed by atoms with van der Waals surface area (Å²) in [5.41, 5.74) is 0. The topological polar surface area (TPSA) is 46.5 Å². The van der Waals surface area contributed by atoms with Gasteiger partial charge in [-0.1, -0.05) is 30.7 Å². The number of para-hydroxylation sites is 1. The van der Waals surface area contributed by atoms with E-state index in [0.29, 0.717) is 17.4 Å². The maximum atomic E-state index is 10.4. The molecule has 0 saturated heterocycles. The molecule has 0 bridgehead atoms. The molecule has 0 amide bonds. The third kappa shape index (κ3) is 4.21. The third-order valence-electron chi connectivity index (χ3n) is 1.88. The molecular weight excluding hydrogens is 216 g/mol. The van der Waals surface area contributed by atoms with Gasteiger partial charge in [0.1, 0.15) is 5.75 Å². The summed E-state index contributed by atoms with van der Waals surface area (Å²) in [5.74, 6) is -0.250. The molecule has 3 nitrogen and oxygen atoms in total. The molecule has 0 heterocycles. The van der Waals surface area contributed by atoms with Crippen molar-refractivity contribution in [3.05, 3.63) is 29.3 Å². The van der Waals surface area contributed by atoms with E-state index in [1.807, 2.05) is 19.1 Å². The van der Waals surface area contributed by atoms with Gasteiger partial charge in [-0.05, 0) is 12.1 Å². The summed E-state index contributed by atoms with van der Waals surface area (Å²) >= 11 is 5.87. The van der Waals surface area contributed by atoms with Crippen LogP contribution in [0.25, 0.3) is 0 Å². The lowest BCUT2D eigenvalue weighted by atomic mass is 10.1. The average Bonchev–Trinajstić information content (AvgIpc) is 2.15. The Bertz CT molecular complexity index is 338. The predicted molar refractivity (Wildman–Crippen MR) is 58.4 cm³/mol. The van der Waals surface area contributed by atoms with E-state index in [1.54, 1.807) is 12.1 Å². The fraction of sp³-hybridized carbons (Fsp3) is 0.364. The maximum absolute atomic E-state index is 10.4. The molecule has 4 heteroatoms. The van der Waals surface area contributed by atoms with Crippen LogP contribution in [0, 0.1) is 5.92 Å². The number of carboxylic acids is 1. The van der Waals surface area contributed by atoms with Gasteiger partial charge in [0.2, 0.25) is 0 Å². The SMILES string of the molecule is CC(COc1ccccc1Cl)CC(=O)O. The van der Waals surface area contributed by atoms with Crippen LogP contribution in [-0.4, -0.2) is 17.7 Å². The van der Waals surface area contributed by atoms with Crippen LogP contribution in [0.15, 0.2) is 24.3 Å². The molecule has 1 rings (SSSR count). The van der Waals surface area contributed by atoms with Gasteiger partial charge < -0.3 is 9.84 Å². The van der Waals surface area contributed by atoms with E-state index in [0.717, 1.165) is 0 Å². The van der Waals surface area contributed by atoms with Gasteiger partial charge in [0.05, 0.1) is 18.1 Å². The zero-order chi connectivity index (χ0) is 11.3. The molecule has 82 valence electrons. The first kappa shape index (κ1) is 11.9. The lowest BCUT2D eigenvalue weighted by Gasteiger charge is -2.11. The Labute approximate surface area is 93.6 Å². The highest BCUT2D eigenvalue weighted by atomic mass is 35.5. The number of ether oxygens (including phenoxy) is 1. The van der Waals surface area contributed by atoms with Gasteiger partial charge >= 0.3 is 5.97 Å². The number of benzene rings is 1. The first-order valence-electron chi connectivity index (χ1n) is 4.68. The molecule has 0 spiro atoms. The summed E-state index contributed by atoms with van der Waals surface area (Å²) in [7, 11) is 0. The van der Waals surface area contributed by atoms with E-state index in [2.05, 4.69) is 0 Å². The first-order chi connectivity index (χ1) is 7.09. The molecule has 0 fully saturated rings. The Hall–Kier alpha value is -1.22. The molecule has 1 aromatic carbocycles. The zero-order valence-electron chi connectivity index (χ0n) is 8.44. The van der Waals surface area contributed by atoms with Crippen LogP contribution < -0.4 is 4.74 Å². The highest BCUT2D eigenvalue weighted by molar-refractivity contribution is 6.32. The molecule has 1 atom stereocenters. The quantitative estimate of drug-likeness (QED) is 0.843. The first-order valence-corrected chi connectivity index (χ1v) is 5.06. The fourth-order valence-corrected chi connectivity index (χ4v) is 1.34. The molecule has 1 N–H and O–H groups in total. The Morgan fingerprint density at radius 3 is 2.80 bits per heavy atom. The van der Waals surface area contributed by atoms with Crippen LogP contribution in [0.5, 0.6) is 5.75 Å². The standard InChI is InChI=1S/C11H13ClO3/c1-8(6-11(13)14)7-15-10-5-3-2-4-9(10)12/h2-5,8H,6-7H2,1H3,(H,13,14). The average molecular weight is 229 g/mol. The van der Waals surface area contributed by atoms with Gasteiger partial charge in [0.15, 0.2) is 0 Å². The van der Waals surface area contributed by atoms with Crippen molar-refractivity contribution in [1.82, 2.24) is 0 Å². The van der Waals surface area contributed by atoms with Crippen LogP contribution in [-0.2, 0) is 4.79 Å². The second kappa shape index (κ2) is 5.61. The molecule has 0 aromatic heterocycles. The van der Waals surface area contributed by atoms with Crippen molar-refractivity contribution < 1.29 is 14.6 Å². The summed E-state index contributed by atoms with van der Waals surface area (Å²) in [5, 5.41) is 9.10. The Kier molecular flexibility index (Phi) is 4.43. The fourth-order valence-electron chi connectivity index (χ4n) is 1.15. The van der Waals surface area contributed by atoms with Gasteiger partial charge in [0.25, 0.3) is 0 Å².